The van der Waals surface area contributed by atoms with Crippen LogP contribution in [-0.4, -0.2) is 5.38 Å². The molecule has 0 nitrogen and oxygen atoms in total. The molecule has 2 aliphatic carbocycles. The Morgan fingerprint density at radius 2 is 1.94 bits per heavy atom. The lowest BCUT2D eigenvalue weighted by Gasteiger charge is -2.26. The van der Waals surface area contributed by atoms with Gasteiger partial charge in [0.1, 0.15) is 0 Å². The van der Waals surface area contributed by atoms with Gasteiger partial charge in [-0.25, -0.2) is 0 Å². The highest BCUT2D eigenvalue weighted by atomic mass is 35.5. The first-order chi connectivity index (χ1) is 7.83. The van der Waals surface area contributed by atoms with E-state index in [0.29, 0.717) is 5.38 Å². The van der Waals surface area contributed by atoms with E-state index in [-0.39, 0.29) is 0 Å². The zero-order chi connectivity index (χ0) is 11.0. The number of benzene rings is 1. The SMILES string of the molecule is ClC(Cc1ccccc1)C1CC2CCC1C2. The van der Waals surface area contributed by atoms with Crippen molar-refractivity contribution in [1.29, 1.82) is 0 Å². The summed E-state index contributed by atoms with van der Waals surface area (Å²) in [5.74, 6) is 2.74. The van der Waals surface area contributed by atoms with Crippen LogP contribution in [0, 0.1) is 17.8 Å². The molecule has 2 fully saturated rings. The first-order valence-corrected chi connectivity index (χ1v) is 6.94. The van der Waals surface area contributed by atoms with E-state index in [4.69, 9.17) is 11.6 Å². The monoisotopic (exact) mass is 234 g/mol. The van der Waals surface area contributed by atoms with Crippen LogP contribution >= 0.6 is 11.6 Å². The highest BCUT2D eigenvalue weighted by molar-refractivity contribution is 6.21. The quantitative estimate of drug-likeness (QED) is 0.685. The van der Waals surface area contributed by atoms with Crippen molar-refractivity contribution in [3.63, 3.8) is 0 Å². The van der Waals surface area contributed by atoms with E-state index < -0.39 is 0 Å². The second-order valence-electron chi connectivity index (χ2n) is 5.54. The van der Waals surface area contributed by atoms with Gasteiger partial charge in [-0.3, -0.25) is 0 Å². The van der Waals surface area contributed by atoms with E-state index in [1.807, 2.05) is 0 Å². The zero-order valence-electron chi connectivity index (χ0n) is 9.61. The highest BCUT2D eigenvalue weighted by Crippen LogP contribution is 2.50. The third-order valence-electron chi connectivity index (χ3n) is 4.53. The van der Waals surface area contributed by atoms with E-state index in [9.17, 15) is 0 Å². The van der Waals surface area contributed by atoms with Gasteiger partial charge in [-0.2, -0.15) is 0 Å². The molecule has 86 valence electrons. The fraction of sp³-hybridized carbons (Fsp3) is 0.600. The minimum atomic E-state index is 0.359. The molecule has 2 aliphatic rings. The molecule has 0 spiro atoms. The molecular weight excluding hydrogens is 216 g/mol. The molecule has 16 heavy (non-hydrogen) atoms. The number of fused-ring (bicyclic) bond motifs is 2. The van der Waals surface area contributed by atoms with Gasteiger partial charge in [0.25, 0.3) is 0 Å². The standard InChI is InChI=1S/C15H19Cl/c16-15(10-11-4-2-1-3-5-11)14-9-12-6-7-13(14)8-12/h1-5,12-15H,6-10H2. The highest BCUT2D eigenvalue weighted by Gasteiger charge is 2.42. The molecule has 0 aliphatic heterocycles. The average molecular weight is 235 g/mol. The Morgan fingerprint density at radius 1 is 1.12 bits per heavy atom. The Kier molecular flexibility index (Phi) is 2.93. The minimum Gasteiger partial charge on any atom is -0.122 e. The van der Waals surface area contributed by atoms with E-state index >= 15 is 0 Å². The molecule has 0 N–H and O–H groups in total. The first kappa shape index (κ1) is 10.7. The Balaban J connectivity index is 1.64. The molecule has 4 unspecified atom stereocenters. The fourth-order valence-corrected chi connectivity index (χ4v) is 4.21. The summed E-state index contributed by atoms with van der Waals surface area (Å²) in [6.45, 7) is 0. The Hall–Kier alpha value is -0.490. The summed E-state index contributed by atoms with van der Waals surface area (Å²) in [6, 6.07) is 10.7. The van der Waals surface area contributed by atoms with Crippen molar-refractivity contribution in [3.05, 3.63) is 35.9 Å². The van der Waals surface area contributed by atoms with Crippen molar-refractivity contribution in [2.75, 3.05) is 0 Å². The van der Waals surface area contributed by atoms with E-state index in [1.165, 1.54) is 31.2 Å². The number of rotatable bonds is 3. The summed E-state index contributed by atoms with van der Waals surface area (Å²) < 4.78 is 0. The van der Waals surface area contributed by atoms with Gasteiger partial charge >= 0.3 is 0 Å². The van der Waals surface area contributed by atoms with Crippen LogP contribution in [-0.2, 0) is 6.42 Å². The third kappa shape index (κ3) is 2.00. The largest absolute Gasteiger partial charge is 0.122 e. The summed E-state index contributed by atoms with van der Waals surface area (Å²) in [4.78, 5) is 0. The van der Waals surface area contributed by atoms with Crippen molar-refractivity contribution in [2.45, 2.75) is 37.5 Å². The van der Waals surface area contributed by atoms with E-state index in [0.717, 1.165) is 24.2 Å². The maximum atomic E-state index is 6.62. The summed E-state index contributed by atoms with van der Waals surface area (Å²) in [7, 11) is 0. The summed E-state index contributed by atoms with van der Waals surface area (Å²) in [6.07, 6.45) is 6.81. The Morgan fingerprint density at radius 3 is 2.56 bits per heavy atom. The topological polar surface area (TPSA) is 0 Å². The van der Waals surface area contributed by atoms with Gasteiger partial charge in [0.2, 0.25) is 0 Å². The smallest absolute Gasteiger partial charge is 0.0407 e. The first-order valence-electron chi connectivity index (χ1n) is 6.51. The lowest BCUT2D eigenvalue weighted by Crippen LogP contribution is -2.23. The molecule has 0 radical (unpaired) electrons. The normalized spacial score (nSPS) is 34.2. The maximum absolute atomic E-state index is 6.62. The molecule has 4 atom stereocenters. The van der Waals surface area contributed by atoms with Crippen molar-refractivity contribution in [3.8, 4) is 0 Å². The predicted molar refractivity (Wildman–Crippen MR) is 68.7 cm³/mol. The third-order valence-corrected chi connectivity index (χ3v) is 5.01. The number of hydrogen-bond acceptors (Lipinski definition) is 0. The van der Waals surface area contributed by atoms with E-state index in [2.05, 4.69) is 30.3 Å². The van der Waals surface area contributed by atoms with Crippen LogP contribution < -0.4 is 0 Å². The molecule has 0 heterocycles. The summed E-state index contributed by atoms with van der Waals surface area (Å²) >= 11 is 6.62. The zero-order valence-corrected chi connectivity index (χ0v) is 10.4. The minimum absolute atomic E-state index is 0.359. The van der Waals surface area contributed by atoms with Crippen molar-refractivity contribution >= 4 is 11.6 Å². The number of halogens is 1. The van der Waals surface area contributed by atoms with E-state index in [1.54, 1.807) is 0 Å². The fourth-order valence-electron chi connectivity index (χ4n) is 3.73. The van der Waals surface area contributed by atoms with Gasteiger partial charge in [-0.15, -0.1) is 11.6 Å². The Bertz CT molecular complexity index is 346. The molecule has 0 amide bonds. The molecule has 1 aromatic rings. The van der Waals surface area contributed by atoms with Gasteiger partial charge in [-0.05, 0) is 49.0 Å². The lowest BCUT2D eigenvalue weighted by atomic mass is 9.84. The van der Waals surface area contributed by atoms with Crippen molar-refractivity contribution < 1.29 is 0 Å². The van der Waals surface area contributed by atoms with Crippen molar-refractivity contribution in [1.82, 2.24) is 0 Å². The molecule has 1 heteroatoms. The molecule has 2 saturated carbocycles. The maximum Gasteiger partial charge on any atom is 0.0407 e. The van der Waals surface area contributed by atoms with Gasteiger partial charge < -0.3 is 0 Å². The second-order valence-corrected chi connectivity index (χ2v) is 6.11. The molecule has 0 aromatic heterocycles. The Labute approximate surface area is 103 Å². The van der Waals surface area contributed by atoms with Crippen molar-refractivity contribution in [2.24, 2.45) is 17.8 Å². The van der Waals surface area contributed by atoms with Crippen LogP contribution in [0.15, 0.2) is 30.3 Å². The molecular formula is C15H19Cl. The predicted octanol–water partition coefficient (Wildman–Crippen LogP) is 4.27. The van der Waals surface area contributed by atoms with Gasteiger partial charge in [-0.1, -0.05) is 36.8 Å². The summed E-state index contributed by atoms with van der Waals surface area (Å²) in [5, 5.41) is 0.359. The van der Waals surface area contributed by atoms with Gasteiger partial charge in [0, 0.05) is 5.38 Å². The second kappa shape index (κ2) is 4.41. The van der Waals surface area contributed by atoms with Crippen LogP contribution in [0.4, 0.5) is 0 Å². The molecule has 0 saturated heterocycles. The average Bonchev–Trinajstić information content (AvgIpc) is 2.92. The molecule has 3 rings (SSSR count). The number of hydrogen-bond donors (Lipinski definition) is 0. The van der Waals surface area contributed by atoms with Crippen LogP contribution in [0.25, 0.3) is 0 Å². The lowest BCUT2D eigenvalue weighted by molar-refractivity contribution is 0.319. The van der Waals surface area contributed by atoms with Crippen LogP contribution in [0.1, 0.15) is 31.2 Å². The van der Waals surface area contributed by atoms with Gasteiger partial charge in [0.05, 0.1) is 0 Å². The number of alkyl halides is 1. The van der Waals surface area contributed by atoms with Gasteiger partial charge in [0.15, 0.2) is 0 Å². The van der Waals surface area contributed by atoms with Crippen LogP contribution in [0.5, 0.6) is 0 Å². The molecule has 2 bridgehead atoms. The summed E-state index contributed by atoms with van der Waals surface area (Å²) in [5.41, 5.74) is 1.39. The molecule has 1 aromatic carbocycles. The van der Waals surface area contributed by atoms with Crippen LogP contribution in [0.2, 0.25) is 0 Å². The van der Waals surface area contributed by atoms with Crippen LogP contribution in [0.3, 0.4) is 0 Å².